The minimum absolute atomic E-state index is 0.731. The lowest BCUT2D eigenvalue weighted by Gasteiger charge is -2.10. The molecule has 0 fully saturated rings. The first-order valence-corrected chi connectivity index (χ1v) is 6.82. The monoisotopic (exact) mass is 274 g/mol. The van der Waals surface area contributed by atoms with Crippen molar-refractivity contribution in [3.8, 4) is 5.69 Å². The summed E-state index contributed by atoms with van der Waals surface area (Å²) in [6, 6.07) is 14.1. The first-order chi connectivity index (χ1) is 10.2. The van der Waals surface area contributed by atoms with Gasteiger partial charge < -0.3 is 5.73 Å². The van der Waals surface area contributed by atoms with Crippen LogP contribution in [-0.2, 0) is 0 Å². The highest BCUT2D eigenvalue weighted by molar-refractivity contribution is 5.92. The molecular weight excluding hydrogens is 260 g/mol. The van der Waals surface area contributed by atoms with E-state index in [1.807, 2.05) is 49.6 Å². The third-order valence-electron chi connectivity index (χ3n) is 3.74. The van der Waals surface area contributed by atoms with E-state index in [9.17, 15) is 0 Å². The number of hydrogen-bond acceptors (Lipinski definition) is 3. The first-order valence-electron chi connectivity index (χ1n) is 6.82. The van der Waals surface area contributed by atoms with Gasteiger partial charge in [-0.1, -0.05) is 12.1 Å². The Hall–Kier alpha value is -2.88. The third-order valence-corrected chi connectivity index (χ3v) is 3.74. The van der Waals surface area contributed by atoms with Crippen LogP contribution in [0.3, 0.4) is 0 Å². The van der Waals surface area contributed by atoms with Crippen molar-refractivity contribution in [1.29, 1.82) is 0 Å². The number of nitrogens with zero attached hydrogens (tertiary/aromatic N) is 3. The Morgan fingerprint density at radius 3 is 2.90 bits per heavy atom. The number of pyridine rings is 1. The summed E-state index contributed by atoms with van der Waals surface area (Å²) in [7, 11) is 0. The van der Waals surface area contributed by atoms with Gasteiger partial charge >= 0.3 is 0 Å². The molecule has 0 atom stereocenters. The summed E-state index contributed by atoms with van der Waals surface area (Å²) < 4.78 is 2.16. The van der Waals surface area contributed by atoms with E-state index in [1.165, 1.54) is 0 Å². The van der Waals surface area contributed by atoms with Gasteiger partial charge in [-0.2, -0.15) is 0 Å². The van der Waals surface area contributed by atoms with Gasteiger partial charge in [0.15, 0.2) is 0 Å². The highest BCUT2D eigenvalue weighted by Gasteiger charge is 2.11. The molecule has 2 heterocycles. The number of rotatable bonds is 1. The van der Waals surface area contributed by atoms with Crippen LogP contribution in [0.1, 0.15) is 5.82 Å². The van der Waals surface area contributed by atoms with Crippen molar-refractivity contribution in [3.05, 3.63) is 60.7 Å². The summed E-state index contributed by atoms with van der Waals surface area (Å²) in [5.41, 5.74) is 9.67. The number of nitrogens with two attached hydrogens (primary N) is 1. The van der Waals surface area contributed by atoms with Gasteiger partial charge in [0.25, 0.3) is 0 Å². The maximum absolute atomic E-state index is 5.85. The van der Waals surface area contributed by atoms with E-state index in [0.717, 1.165) is 39.0 Å². The molecule has 4 aromatic rings. The van der Waals surface area contributed by atoms with Crippen LogP contribution in [0.4, 0.5) is 5.69 Å². The van der Waals surface area contributed by atoms with Gasteiger partial charge in [0.2, 0.25) is 0 Å². The second-order valence-corrected chi connectivity index (χ2v) is 5.12. The van der Waals surface area contributed by atoms with E-state index < -0.39 is 0 Å². The molecule has 102 valence electrons. The Morgan fingerprint density at radius 1 is 1.10 bits per heavy atom. The number of nitrogen functional groups attached to an aromatic ring is 1. The lowest BCUT2D eigenvalue weighted by atomic mass is 10.1. The molecule has 0 spiro atoms. The van der Waals surface area contributed by atoms with Crippen LogP contribution in [0.5, 0.6) is 0 Å². The Labute approximate surface area is 121 Å². The zero-order valence-electron chi connectivity index (χ0n) is 11.6. The number of hydrogen-bond donors (Lipinski definition) is 1. The van der Waals surface area contributed by atoms with Gasteiger partial charge in [-0.3, -0.25) is 9.55 Å². The molecule has 0 unspecified atom stereocenters. The van der Waals surface area contributed by atoms with E-state index in [4.69, 9.17) is 5.73 Å². The molecule has 0 saturated heterocycles. The molecule has 0 radical (unpaired) electrons. The van der Waals surface area contributed by atoms with Crippen molar-refractivity contribution in [2.45, 2.75) is 6.92 Å². The van der Waals surface area contributed by atoms with Crippen molar-refractivity contribution >= 4 is 27.5 Å². The van der Waals surface area contributed by atoms with E-state index >= 15 is 0 Å². The number of fused-ring (bicyclic) bond motifs is 2. The van der Waals surface area contributed by atoms with E-state index in [0.29, 0.717) is 0 Å². The average molecular weight is 274 g/mol. The Balaban J connectivity index is 2.11. The average Bonchev–Trinajstić information content (AvgIpc) is 2.81. The lowest BCUT2D eigenvalue weighted by Crippen LogP contribution is -1.98. The molecule has 0 bridgehead atoms. The van der Waals surface area contributed by atoms with Gasteiger partial charge in [-0.15, -0.1) is 0 Å². The summed E-state index contributed by atoms with van der Waals surface area (Å²) in [6.45, 7) is 2.01. The first kappa shape index (κ1) is 11.9. The van der Waals surface area contributed by atoms with Crippen LogP contribution in [0.15, 0.2) is 54.9 Å². The molecule has 4 nitrogen and oxygen atoms in total. The Morgan fingerprint density at radius 2 is 2.00 bits per heavy atom. The smallest absolute Gasteiger partial charge is 0.111 e. The van der Waals surface area contributed by atoms with Crippen LogP contribution < -0.4 is 5.73 Å². The fraction of sp³-hybridized carbons (Fsp3) is 0.0588. The van der Waals surface area contributed by atoms with E-state index in [-0.39, 0.29) is 0 Å². The minimum atomic E-state index is 0.731. The highest BCUT2D eigenvalue weighted by atomic mass is 15.1. The predicted octanol–water partition coefficient (Wildman–Crippen LogP) is 3.46. The largest absolute Gasteiger partial charge is 0.399 e. The molecule has 0 amide bonds. The Kier molecular flexibility index (Phi) is 2.44. The second-order valence-electron chi connectivity index (χ2n) is 5.12. The summed E-state index contributed by atoms with van der Waals surface area (Å²) in [5.74, 6) is 0.944. The molecule has 0 saturated carbocycles. The topological polar surface area (TPSA) is 56.7 Å². The molecule has 0 aliphatic rings. The molecule has 2 N–H and O–H groups in total. The summed E-state index contributed by atoms with van der Waals surface area (Å²) in [4.78, 5) is 8.81. The molecule has 21 heavy (non-hydrogen) atoms. The van der Waals surface area contributed by atoms with Gasteiger partial charge in [0, 0.05) is 28.9 Å². The summed E-state index contributed by atoms with van der Waals surface area (Å²) in [5, 5.41) is 2.28. The summed E-state index contributed by atoms with van der Waals surface area (Å²) in [6.07, 6.45) is 3.70. The van der Waals surface area contributed by atoms with Crippen molar-refractivity contribution in [3.63, 3.8) is 0 Å². The highest BCUT2D eigenvalue weighted by Crippen LogP contribution is 2.27. The number of benzene rings is 2. The molecule has 2 aromatic carbocycles. The maximum Gasteiger partial charge on any atom is 0.111 e. The van der Waals surface area contributed by atoms with Gasteiger partial charge in [0.05, 0.1) is 16.7 Å². The van der Waals surface area contributed by atoms with E-state index in [2.05, 4.69) is 26.7 Å². The number of anilines is 1. The van der Waals surface area contributed by atoms with Gasteiger partial charge in [0.1, 0.15) is 5.82 Å². The second kappa shape index (κ2) is 4.31. The van der Waals surface area contributed by atoms with Gasteiger partial charge in [-0.25, -0.2) is 4.98 Å². The van der Waals surface area contributed by atoms with Crippen molar-refractivity contribution in [1.82, 2.24) is 14.5 Å². The fourth-order valence-electron chi connectivity index (χ4n) is 2.82. The van der Waals surface area contributed by atoms with Crippen molar-refractivity contribution in [2.75, 3.05) is 5.73 Å². The maximum atomic E-state index is 5.85. The van der Waals surface area contributed by atoms with Crippen LogP contribution >= 0.6 is 0 Å². The Bertz CT molecular complexity index is 964. The quantitative estimate of drug-likeness (QED) is 0.541. The van der Waals surface area contributed by atoms with Crippen LogP contribution in [0, 0.1) is 6.92 Å². The zero-order valence-corrected chi connectivity index (χ0v) is 11.6. The van der Waals surface area contributed by atoms with Crippen LogP contribution in [0.2, 0.25) is 0 Å². The normalized spacial score (nSPS) is 11.3. The van der Waals surface area contributed by atoms with Crippen LogP contribution in [-0.4, -0.2) is 14.5 Å². The lowest BCUT2D eigenvalue weighted by molar-refractivity contribution is 1.01. The van der Waals surface area contributed by atoms with E-state index in [1.54, 1.807) is 0 Å². The molecule has 4 rings (SSSR count). The minimum Gasteiger partial charge on any atom is -0.399 e. The molecular formula is C17H14N4. The molecule has 2 aromatic heterocycles. The third kappa shape index (κ3) is 1.76. The molecule has 0 aliphatic carbocycles. The number of aromatic nitrogens is 3. The molecule has 0 aliphatic heterocycles. The van der Waals surface area contributed by atoms with Crippen molar-refractivity contribution in [2.24, 2.45) is 0 Å². The van der Waals surface area contributed by atoms with Crippen molar-refractivity contribution < 1.29 is 0 Å². The SMILES string of the molecule is Cc1nc2cc(N)ccc2n1-c1cccc2cnccc12. The number of aryl methyl sites for hydroxylation is 1. The molecule has 4 heteroatoms. The standard InChI is InChI=1S/C17H14N4/c1-11-20-15-9-13(18)5-6-17(15)21(11)16-4-2-3-12-10-19-8-7-14(12)16/h2-10H,18H2,1H3. The fourth-order valence-corrected chi connectivity index (χ4v) is 2.82. The van der Waals surface area contributed by atoms with Gasteiger partial charge in [-0.05, 0) is 37.3 Å². The van der Waals surface area contributed by atoms with Crippen LogP contribution in [0.25, 0.3) is 27.5 Å². The zero-order chi connectivity index (χ0) is 14.4. The number of imidazole rings is 1. The summed E-state index contributed by atoms with van der Waals surface area (Å²) >= 11 is 0. The predicted molar refractivity (Wildman–Crippen MR) is 85.5 cm³/mol.